The Hall–Kier alpha value is -2.00. The maximum atomic E-state index is 5.76. The predicted molar refractivity (Wildman–Crippen MR) is 129 cm³/mol. The van der Waals surface area contributed by atoms with Gasteiger partial charge in [-0.2, -0.15) is 0 Å². The molecule has 0 saturated heterocycles. The van der Waals surface area contributed by atoms with Crippen molar-refractivity contribution in [3.63, 3.8) is 0 Å². The lowest BCUT2D eigenvalue weighted by molar-refractivity contribution is 0.172. The lowest BCUT2D eigenvalue weighted by Gasteiger charge is -2.22. The number of hydrogen-bond acceptors (Lipinski definition) is 4. The second-order valence-electron chi connectivity index (χ2n) is 6.33. The van der Waals surface area contributed by atoms with Gasteiger partial charge in [0.1, 0.15) is 18.1 Å². The van der Waals surface area contributed by atoms with E-state index in [-0.39, 0.29) is 24.0 Å². The molecule has 160 valence electrons. The first kappa shape index (κ1) is 25.0. The minimum absolute atomic E-state index is 0. The zero-order valence-electron chi connectivity index (χ0n) is 17.5. The Balaban J connectivity index is 0.00000420. The molecule has 0 radical (unpaired) electrons. The van der Waals surface area contributed by atoms with Crippen LogP contribution in [-0.4, -0.2) is 58.4 Å². The van der Waals surface area contributed by atoms with Crippen molar-refractivity contribution in [2.75, 3.05) is 47.6 Å². The van der Waals surface area contributed by atoms with E-state index in [1.807, 2.05) is 60.5 Å². The van der Waals surface area contributed by atoms with Crippen LogP contribution in [0, 0.1) is 0 Å². The molecule has 2 aromatic carbocycles. The summed E-state index contributed by atoms with van der Waals surface area (Å²) in [6.45, 7) is 3.35. The maximum absolute atomic E-state index is 5.76. The summed E-state index contributed by atoms with van der Waals surface area (Å²) in [6, 6.07) is 17.9. The molecule has 0 atom stereocenters. The molecule has 29 heavy (non-hydrogen) atoms. The Kier molecular flexibility index (Phi) is 12.9. The van der Waals surface area contributed by atoms with Gasteiger partial charge >= 0.3 is 0 Å². The van der Waals surface area contributed by atoms with Crippen LogP contribution < -0.4 is 14.8 Å². The Bertz CT molecular complexity index is 713. The van der Waals surface area contributed by atoms with Crippen LogP contribution in [0.2, 0.25) is 0 Å². The third-order valence-corrected chi connectivity index (χ3v) is 4.12. The van der Waals surface area contributed by atoms with Crippen molar-refractivity contribution in [1.29, 1.82) is 0 Å². The van der Waals surface area contributed by atoms with Gasteiger partial charge in [-0.15, -0.1) is 24.0 Å². The highest BCUT2D eigenvalue weighted by atomic mass is 127. The smallest absolute Gasteiger partial charge is 0.193 e. The summed E-state index contributed by atoms with van der Waals surface area (Å²) >= 11 is 0. The molecule has 6 nitrogen and oxygen atoms in total. The van der Waals surface area contributed by atoms with Gasteiger partial charge in [0, 0.05) is 40.8 Å². The zero-order chi connectivity index (χ0) is 20.0. The molecule has 0 amide bonds. The quantitative estimate of drug-likeness (QED) is 0.215. The second-order valence-corrected chi connectivity index (χ2v) is 6.33. The summed E-state index contributed by atoms with van der Waals surface area (Å²) in [5.74, 6) is 2.57. The summed E-state index contributed by atoms with van der Waals surface area (Å²) in [5, 5.41) is 3.38. The second kappa shape index (κ2) is 14.9. The third kappa shape index (κ3) is 9.85. The number of nitrogens with one attached hydrogen (secondary N) is 1. The third-order valence-electron chi connectivity index (χ3n) is 4.12. The van der Waals surface area contributed by atoms with Crippen LogP contribution in [0.25, 0.3) is 0 Å². The molecule has 0 aliphatic heterocycles. The summed E-state index contributed by atoms with van der Waals surface area (Å²) in [7, 11) is 5.48. The van der Waals surface area contributed by atoms with E-state index in [1.54, 1.807) is 14.2 Å². The van der Waals surface area contributed by atoms with Crippen LogP contribution >= 0.6 is 24.0 Å². The number of halogens is 1. The molecule has 0 heterocycles. The minimum Gasteiger partial charge on any atom is -0.493 e. The number of methoxy groups -OCH3 is 1. The molecule has 2 aromatic rings. The number of nitrogens with zero attached hydrogens (tertiary/aromatic N) is 2. The highest BCUT2D eigenvalue weighted by Gasteiger charge is 2.06. The molecule has 7 heteroatoms. The van der Waals surface area contributed by atoms with Crippen LogP contribution in [0.4, 0.5) is 0 Å². The summed E-state index contributed by atoms with van der Waals surface area (Å²) in [5.41, 5.74) is 1.14. The average molecular weight is 513 g/mol. The van der Waals surface area contributed by atoms with E-state index < -0.39 is 0 Å². The SMILES string of the molecule is CN=C(NCc1cccc(OCCCOC)c1)N(C)CCOc1ccccc1.I. The van der Waals surface area contributed by atoms with Gasteiger partial charge in [-0.3, -0.25) is 4.99 Å². The van der Waals surface area contributed by atoms with E-state index in [4.69, 9.17) is 14.2 Å². The van der Waals surface area contributed by atoms with E-state index in [9.17, 15) is 0 Å². The number of aliphatic imine (C=N–C) groups is 1. The number of likely N-dealkylation sites (N-methyl/N-ethyl adjacent to an activating group) is 1. The van der Waals surface area contributed by atoms with Gasteiger partial charge in [0.25, 0.3) is 0 Å². The molecule has 0 aromatic heterocycles. The maximum Gasteiger partial charge on any atom is 0.193 e. The van der Waals surface area contributed by atoms with E-state index >= 15 is 0 Å². The molecule has 1 N–H and O–H groups in total. The molecule has 0 aliphatic rings. The number of benzene rings is 2. The van der Waals surface area contributed by atoms with Crippen molar-refractivity contribution in [3.05, 3.63) is 60.2 Å². The summed E-state index contributed by atoms with van der Waals surface area (Å²) < 4.78 is 16.6. The number of ether oxygens (including phenoxy) is 3. The van der Waals surface area contributed by atoms with Crippen molar-refractivity contribution >= 4 is 29.9 Å². The normalized spacial score (nSPS) is 10.8. The van der Waals surface area contributed by atoms with Crippen molar-refractivity contribution in [2.24, 2.45) is 4.99 Å². The van der Waals surface area contributed by atoms with Gasteiger partial charge < -0.3 is 24.4 Å². The first-order valence-electron chi connectivity index (χ1n) is 9.53. The van der Waals surface area contributed by atoms with Crippen molar-refractivity contribution in [2.45, 2.75) is 13.0 Å². The standard InChI is InChI=1S/C22H31N3O3.HI/c1-23-22(25(2)13-16-28-20-10-5-4-6-11-20)24-18-19-9-7-12-21(17-19)27-15-8-14-26-3;/h4-7,9-12,17H,8,13-16,18H2,1-3H3,(H,23,24);1H. The van der Waals surface area contributed by atoms with Gasteiger partial charge in [0.2, 0.25) is 0 Å². The van der Waals surface area contributed by atoms with Gasteiger partial charge in [-0.25, -0.2) is 0 Å². The Labute approximate surface area is 191 Å². The van der Waals surface area contributed by atoms with Crippen molar-refractivity contribution in [1.82, 2.24) is 10.2 Å². The van der Waals surface area contributed by atoms with Gasteiger partial charge in [0.05, 0.1) is 13.2 Å². The molecule has 0 saturated carbocycles. The number of guanidine groups is 1. The summed E-state index contributed by atoms with van der Waals surface area (Å²) in [4.78, 5) is 6.40. The molecule has 0 aliphatic carbocycles. The zero-order valence-corrected chi connectivity index (χ0v) is 19.8. The number of para-hydroxylation sites is 1. The molecule has 0 spiro atoms. The highest BCUT2D eigenvalue weighted by molar-refractivity contribution is 14.0. The molecule has 0 unspecified atom stereocenters. The van der Waals surface area contributed by atoms with E-state index in [0.717, 1.165) is 36.0 Å². The first-order chi connectivity index (χ1) is 13.7. The lowest BCUT2D eigenvalue weighted by atomic mass is 10.2. The van der Waals surface area contributed by atoms with Crippen LogP contribution in [0.15, 0.2) is 59.6 Å². The monoisotopic (exact) mass is 513 g/mol. The van der Waals surface area contributed by atoms with E-state index in [1.165, 1.54) is 0 Å². The fourth-order valence-corrected chi connectivity index (χ4v) is 2.63. The van der Waals surface area contributed by atoms with Gasteiger partial charge in [-0.1, -0.05) is 30.3 Å². The van der Waals surface area contributed by atoms with Crippen molar-refractivity contribution in [3.8, 4) is 11.5 Å². The fraction of sp³-hybridized carbons (Fsp3) is 0.409. The van der Waals surface area contributed by atoms with Crippen LogP contribution in [-0.2, 0) is 11.3 Å². The van der Waals surface area contributed by atoms with Gasteiger partial charge in [0.15, 0.2) is 5.96 Å². The largest absolute Gasteiger partial charge is 0.493 e. The Morgan fingerprint density at radius 2 is 1.69 bits per heavy atom. The van der Waals surface area contributed by atoms with E-state index in [0.29, 0.717) is 26.4 Å². The molecular weight excluding hydrogens is 481 g/mol. The van der Waals surface area contributed by atoms with E-state index in [2.05, 4.69) is 16.4 Å². The predicted octanol–water partition coefficient (Wildman–Crippen LogP) is 3.81. The van der Waals surface area contributed by atoms with Crippen LogP contribution in [0.3, 0.4) is 0 Å². The first-order valence-corrected chi connectivity index (χ1v) is 9.53. The molecular formula is C22H32IN3O3. The topological polar surface area (TPSA) is 55.3 Å². The van der Waals surface area contributed by atoms with Crippen molar-refractivity contribution < 1.29 is 14.2 Å². The highest BCUT2D eigenvalue weighted by Crippen LogP contribution is 2.13. The Morgan fingerprint density at radius 1 is 0.966 bits per heavy atom. The van der Waals surface area contributed by atoms with Crippen LogP contribution in [0.1, 0.15) is 12.0 Å². The number of hydrogen-bond donors (Lipinski definition) is 1. The molecule has 0 bridgehead atoms. The number of rotatable bonds is 11. The minimum atomic E-state index is 0. The van der Waals surface area contributed by atoms with Gasteiger partial charge in [-0.05, 0) is 29.8 Å². The molecule has 0 fully saturated rings. The Morgan fingerprint density at radius 3 is 2.41 bits per heavy atom. The molecule has 2 rings (SSSR count). The lowest BCUT2D eigenvalue weighted by Crippen LogP contribution is -2.40. The van der Waals surface area contributed by atoms with Crippen LogP contribution in [0.5, 0.6) is 11.5 Å². The summed E-state index contributed by atoms with van der Waals surface area (Å²) in [6.07, 6.45) is 0.876. The fourth-order valence-electron chi connectivity index (χ4n) is 2.63. The average Bonchev–Trinajstić information content (AvgIpc) is 2.73.